The lowest BCUT2D eigenvalue weighted by molar-refractivity contribution is -0.137. The van der Waals surface area contributed by atoms with Crippen LogP contribution in [0, 0.1) is 0 Å². The molecule has 2 heterocycles. The summed E-state index contributed by atoms with van der Waals surface area (Å²) in [5.41, 5.74) is -0.0883. The number of hydrogen-bond donors (Lipinski definition) is 2. The van der Waals surface area contributed by atoms with E-state index < -0.39 is 17.6 Å². The molecule has 2 aromatic heterocycles. The van der Waals surface area contributed by atoms with Gasteiger partial charge in [-0.15, -0.1) is 0 Å². The van der Waals surface area contributed by atoms with Crippen LogP contribution in [0.25, 0.3) is 0 Å². The smallest absolute Gasteiger partial charge is 0.348 e. The van der Waals surface area contributed by atoms with Crippen molar-refractivity contribution in [2.45, 2.75) is 12.7 Å². The number of nitrogens with one attached hydrogen (secondary N) is 2. The van der Waals surface area contributed by atoms with Crippen LogP contribution >= 0.6 is 0 Å². The van der Waals surface area contributed by atoms with Gasteiger partial charge in [-0.1, -0.05) is 12.1 Å². The summed E-state index contributed by atoms with van der Waals surface area (Å²) in [6.07, 6.45) is -0.0513. The molecule has 2 N–H and O–H groups in total. The third kappa shape index (κ3) is 5.00. The van der Waals surface area contributed by atoms with Gasteiger partial charge in [-0.05, 0) is 35.9 Å². The van der Waals surface area contributed by atoms with Crippen molar-refractivity contribution in [1.82, 2.24) is 20.3 Å². The minimum absolute atomic E-state index is 0.0280. The van der Waals surface area contributed by atoms with Gasteiger partial charge < -0.3 is 10.6 Å². The van der Waals surface area contributed by atoms with Crippen molar-refractivity contribution in [2.75, 3.05) is 5.32 Å². The van der Waals surface area contributed by atoms with E-state index in [0.717, 1.165) is 12.1 Å². The summed E-state index contributed by atoms with van der Waals surface area (Å²) in [5, 5.41) is 5.53. The fourth-order valence-corrected chi connectivity index (χ4v) is 2.28. The summed E-state index contributed by atoms with van der Waals surface area (Å²) in [5.74, 6) is 0.486. The average molecular weight is 373 g/mol. The minimum atomic E-state index is -4.42. The molecule has 0 radical (unpaired) electrons. The SMILES string of the molecule is O=C(NCc1cccc(C(F)(F)F)c1)c1ccnc(Nc2ccncn2)c1. The molecular weight excluding hydrogens is 359 g/mol. The first-order chi connectivity index (χ1) is 12.9. The van der Waals surface area contributed by atoms with E-state index in [1.54, 1.807) is 12.3 Å². The molecule has 0 bridgehead atoms. The maximum Gasteiger partial charge on any atom is 0.416 e. The van der Waals surface area contributed by atoms with Crippen molar-refractivity contribution in [1.29, 1.82) is 0 Å². The summed E-state index contributed by atoms with van der Waals surface area (Å²) in [6, 6.07) is 9.48. The predicted molar refractivity (Wildman–Crippen MR) is 92.2 cm³/mol. The molecule has 9 heteroatoms. The van der Waals surface area contributed by atoms with Crippen molar-refractivity contribution in [3.63, 3.8) is 0 Å². The molecule has 3 aromatic rings. The number of halogens is 3. The van der Waals surface area contributed by atoms with E-state index in [9.17, 15) is 18.0 Å². The number of amides is 1. The summed E-state index contributed by atoms with van der Waals surface area (Å²) >= 11 is 0. The number of anilines is 2. The standard InChI is InChI=1S/C18H14F3N5O/c19-18(20,21)14-3-1-2-12(8-14)10-24-17(27)13-4-7-23-16(9-13)26-15-5-6-22-11-25-15/h1-9,11H,10H2,(H,24,27)(H,22,23,25,26). The first-order valence-corrected chi connectivity index (χ1v) is 7.85. The van der Waals surface area contributed by atoms with E-state index in [4.69, 9.17) is 0 Å². The second-order valence-electron chi connectivity index (χ2n) is 5.53. The molecule has 0 saturated heterocycles. The fourth-order valence-electron chi connectivity index (χ4n) is 2.28. The fraction of sp³-hybridized carbons (Fsp3) is 0.111. The highest BCUT2D eigenvalue weighted by Gasteiger charge is 2.30. The lowest BCUT2D eigenvalue weighted by atomic mass is 10.1. The number of rotatable bonds is 5. The maximum atomic E-state index is 12.7. The Morgan fingerprint density at radius 2 is 1.85 bits per heavy atom. The van der Waals surface area contributed by atoms with Gasteiger partial charge in [0.1, 0.15) is 18.0 Å². The van der Waals surface area contributed by atoms with Crippen LogP contribution in [0.5, 0.6) is 0 Å². The Kier molecular flexibility index (Phi) is 5.30. The molecule has 0 aliphatic rings. The Hall–Kier alpha value is -3.49. The van der Waals surface area contributed by atoms with Gasteiger partial charge in [0, 0.05) is 24.5 Å². The quantitative estimate of drug-likeness (QED) is 0.715. The Balaban J connectivity index is 1.66. The van der Waals surface area contributed by atoms with Crippen LogP contribution in [0.15, 0.2) is 61.2 Å². The highest BCUT2D eigenvalue weighted by Crippen LogP contribution is 2.29. The first kappa shape index (κ1) is 18.3. The third-order valence-corrected chi connectivity index (χ3v) is 3.57. The van der Waals surface area contributed by atoms with Gasteiger partial charge in [-0.25, -0.2) is 15.0 Å². The van der Waals surface area contributed by atoms with Crippen LogP contribution in [-0.4, -0.2) is 20.9 Å². The van der Waals surface area contributed by atoms with Crippen LogP contribution in [0.3, 0.4) is 0 Å². The average Bonchev–Trinajstić information content (AvgIpc) is 2.67. The third-order valence-electron chi connectivity index (χ3n) is 3.57. The zero-order valence-electron chi connectivity index (χ0n) is 13.9. The molecule has 1 amide bonds. The molecule has 1 aromatic carbocycles. The number of aromatic nitrogens is 3. The minimum Gasteiger partial charge on any atom is -0.348 e. The van der Waals surface area contributed by atoms with Gasteiger partial charge in [0.2, 0.25) is 0 Å². The molecule has 0 aliphatic heterocycles. The number of pyridine rings is 1. The zero-order valence-corrected chi connectivity index (χ0v) is 13.9. The largest absolute Gasteiger partial charge is 0.416 e. The topological polar surface area (TPSA) is 79.8 Å². The Morgan fingerprint density at radius 1 is 1.00 bits per heavy atom. The highest BCUT2D eigenvalue weighted by atomic mass is 19.4. The zero-order chi connectivity index (χ0) is 19.3. The maximum absolute atomic E-state index is 12.7. The molecule has 0 unspecified atom stereocenters. The molecule has 0 aliphatic carbocycles. The number of alkyl halides is 3. The van der Waals surface area contributed by atoms with Crippen LogP contribution in [0.4, 0.5) is 24.8 Å². The second-order valence-corrected chi connectivity index (χ2v) is 5.53. The van der Waals surface area contributed by atoms with E-state index >= 15 is 0 Å². The number of carbonyl (C=O) groups excluding carboxylic acids is 1. The van der Waals surface area contributed by atoms with E-state index in [1.807, 2.05) is 0 Å². The summed E-state index contributed by atoms with van der Waals surface area (Å²) in [7, 11) is 0. The Morgan fingerprint density at radius 3 is 2.59 bits per heavy atom. The molecule has 3 rings (SSSR count). The number of benzene rings is 1. The number of nitrogens with zero attached hydrogens (tertiary/aromatic N) is 3. The van der Waals surface area contributed by atoms with Crippen molar-refractivity contribution >= 4 is 17.5 Å². The summed E-state index contributed by atoms with van der Waals surface area (Å²) < 4.78 is 38.2. The van der Waals surface area contributed by atoms with Crippen molar-refractivity contribution in [3.05, 3.63) is 77.9 Å². The Labute approximate surface area is 152 Å². The molecule has 138 valence electrons. The van der Waals surface area contributed by atoms with Gasteiger partial charge in [0.05, 0.1) is 5.56 Å². The van der Waals surface area contributed by atoms with E-state index in [2.05, 4.69) is 25.6 Å². The van der Waals surface area contributed by atoms with Crippen molar-refractivity contribution < 1.29 is 18.0 Å². The summed E-state index contributed by atoms with van der Waals surface area (Å²) in [6.45, 7) is -0.0280. The van der Waals surface area contributed by atoms with Crippen LogP contribution in [-0.2, 0) is 12.7 Å². The van der Waals surface area contributed by atoms with Crippen LogP contribution in [0.1, 0.15) is 21.5 Å². The molecular formula is C18H14F3N5O. The van der Waals surface area contributed by atoms with Gasteiger partial charge in [-0.3, -0.25) is 4.79 Å². The summed E-state index contributed by atoms with van der Waals surface area (Å²) in [4.78, 5) is 24.2. The molecule has 0 spiro atoms. The molecule has 27 heavy (non-hydrogen) atoms. The van der Waals surface area contributed by atoms with Crippen LogP contribution < -0.4 is 10.6 Å². The van der Waals surface area contributed by atoms with Gasteiger partial charge in [0.15, 0.2) is 0 Å². The van der Waals surface area contributed by atoms with Gasteiger partial charge >= 0.3 is 6.18 Å². The van der Waals surface area contributed by atoms with Crippen molar-refractivity contribution in [3.8, 4) is 0 Å². The van der Waals surface area contributed by atoms with Gasteiger partial charge in [0.25, 0.3) is 5.91 Å². The Bertz CT molecular complexity index is 932. The molecule has 6 nitrogen and oxygen atoms in total. The van der Waals surface area contributed by atoms with E-state index in [0.29, 0.717) is 22.8 Å². The van der Waals surface area contributed by atoms with Gasteiger partial charge in [-0.2, -0.15) is 13.2 Å². The van der Waals surface area contributed by atoms with E-state index in [1.165, 1.54) is 36.8 Å². The lowest BCUT2D eigenvalue weighted by Crippen LogP contribution is -2.23. The number of carbonyl (C=O) groups is 1. The molecule has 0 fully saturated rings. The predicted octanol–water partition coefficient (Wildman–Crippen LogP) is 3.56. The first-order valence-electron chi connectivity index (χ1n) is 7.85. The second kappa shape index (κ2) is 7.81. The monoisotopic (exact) mass is 373 g/mol. The molecule has 0 saturated carbocycles. The van der Waals surface area contributed by atoms with Crippen molar-refractivity contribution in [2.24, 2.45) is 0 Å². The van der Waals surface area contributed by atoms with E-state index in [-0.39, 0.29) is 6.54 Å². The molecule has 0 atom stereocenters. The normalized spacial score (nSPS) is 11.1. The lowest BCUT2D eigenvalue weighted by Gasteiger charge is -2.10. The number of hydrogen-bond acceptors (Lipinski definition) is 5. The van der Waals surface area contributed by atoms with Crippen LogP contribution in [0.2, 0.25) is 0 Å². The highest BCUT2D eigenvalue weighted by molar-refractivity contribution is 5.94.